The highest BCUT2D eigenvalue weighted by Gasteiger charge is 2.23. The molecule has 1 aliphatic heterocycles. The molecule has 7 heteroatoms. The third-order valence-electron chi connectivity index (χ3n) is 4.79. The SMILES string of the molecule is Cc1ccc(C(CNC(=O)Cc2ccc(N)cc2)N2CCOCC2)cc1.Cl.Cl. The highest BCUT2D eigenvalue weighted by molar-refractivity contribution is 5.85. The lowest BCUT2D eigenvalue weighted by Gasteiger charge is -2.35. The maximum absolute atomic E-state index is 12.4. The lowest BCUT2D eigenvalue weighted by molar-refractivity contribution is -0.120. The first-order valence-electron chi connectivity index (χ1n) is 9.11. The van der Waals surface area contributed by atoms with Crippen LogP contribution in [-0.4, -0.2) is 43.7 Å². The van der Waals surface area contributed by atoms with Crippen LogP contribution in [0.4, 0.5) is 5.69 Å². The van der Waals surface area contributed by atoms with E-state index >= 15 is 0 Å². The van der Waals surface area contributed by atoms with Gasteiger partial charge in [-0.15, -0.1) is 24.8 Å². The van der Waals surface area contributed by atoms with Crippen molar-refractivity contribution in [2.45, 2.75) is 19.4 Å². The summed E-state index contributed by atoms with van der Waals surface area (Å²) in [4.78, 5) is 14.8. The number of ether oxygens (including phenoxy) is 1. The molecule has 5 nitrogen and oxygen atoms in total. The summed E-state index contributed by atoms with van der Waals surface area (Å²) in [5.74, 6) is 0.0279. The number of benzene rings is 2. The highest BCUT2D eigenvalue weighted by Crippen LogP contribution is 2.22. The summed E-state index contributed by atoms with van der Waals surface area (Å²) in [6.07, 6.45) is 0.365. The Morgan fingerprint density at radius 2 is 1.68 bits per heavy atom. The van der Waals surface area contributed by atoms with Gasteiger partial charge in [0, 0.05) is 25.3 Å². The topological polar surface area (TPSA) is 67.6 Å². The minimum absolute atomic E-state index is 0. The zero-order chi connectivity index (χ0) is 18.4. The second-order valence-electron chi connectivity index (χ2n) is 6.80. The Morgan fingerprint density at radius 3 is 2.29 bits per heavy atom. The fourth-order valence-corrected chi connectivity index (χ4v) is 3.23. The molecule has 0 saturated carbocycles. The van der Waals surface area contributed by atoms with Crippen molar-refractivity contribution in [3.05, 3.63) is 65.2 Å². The first-order valence-corrected chi connectivity index (χ1v) is 9.11. The zero-order valence-electron chi connectivity index (χ0n) is 16.1. The second kappa shape index (κ2) is 11.9. The Morgan fingerprint density at radius 1 is 1.07 bits per heavy atom. The van der Waals surface area contributed by atoms with Crippen LogP contribution in [0.3, 0.4) is 0 Å². The summed E-state index contributed by atoms with van der Waals surface area (Å²) in [7, 11) is 0. The van der Waals surface area contributed by atoms with Crippen molar-refractivity contribution in [2.75, 3.05) is 38.6 Å². The van der Waals surface area contributed by atoms with Crippen molar-refractivity contribution in [3.63, 3.8) is 0 Å². The first-order chi connectivity index (χ1) is 12.6. The van der Waals surface area contributed by atoms with Gasteiger partial charge in [-0.1, -0.05) is 42.0 Å². The van der Waals surface area contributed by atoms with E-state index < -0.39 is 0 Å². The number of carbonyl (C=O) groups excluding carboxylic acids is 1. The van der Waals surface area contributed by atoms with Crippen LogP contribution in [-0.2, 0) is 16.0 Å². The summed E-state index contributed by atoms with van der Waals surface area (Å²) in [5.41, 5.74) is 9.84. The zero-order valence-corrected chi connectivity index (χ0v) is 17.7. The van der Waals surface area contributed by atoms with Gasteiger partial charge in [0.25, 0.3) is 0 Å². The van der Waals surface area contributed by atoms with E-state index in [0.29, 0.717) is 18.7 Å². The smallest absolute Gasteiger partial charge is 0.224 e. The van der Waals surface area contributed by atoms with Gasteiger partial charge in [0.05, 0.1) is 25.7 Å². The standard InChI is InChI=1S/C21H27N3O2.2ClH/c1-16-2-6-18(7-3-16)20(24-10-12-26-13-11-24)15-23-21(25)14-17-4-8-19(22)9-5-17;;/h2-9,20H,10-15,22H2,1H3,(H,23,25);2*1H. The summed E-state index contributed by atoms with van der Waals surface area (Å²) in [5, 5.41) is 3.10. The molecule has 3 N–H and O–H groups in total. The van der Waals surface area contributed by atoms with Crippen LogP contribution in [0.2, 0.25) is 0 Å². The summed E-state index contributed by atoms with van der Waals surface area (Å²) in [6, 6.07) is 16.2. The van der Waals surface area contributed by atoms with Crippen molar-refractivity contribution >= 4 is 36.4 Å². The average molecular weight is 426 g/mol. The summed E-state index contributed by atoms with van der Waals surface area (Å²) >= 11 is 0. The van der Waals surface area contributed by atoms with Gasteiger partial charge in [0.2, 0.25) is 5.91 Å². The minimum Gasteiger partial charge on any atom is -0.399 e. The molecule has 2 aromatic carbocycles. The molecule has 1 atom stereocenters. The number of anilines is 1. The maximum Gasteiger partial charge on any atom is 0.224 e. The predicted octanol–water partition coefficient (Wildman–Crippen LogP) is 3.15. The van der Waals surface area contributed by atoms with Gasteiger partial charge in [-0.3, -0.25) is 9.69 Å². The second-order valence-corrected chi connectivity index (χ2v) is 6.80. The number of rotatable bonds is 6. The fraction of sp³-hybridized carbons (Fsp3) is 0.381. The number of hydrogen-bond acceptors (Lipinski definition) is 4. The molecule has 1 aliphatic rings. The number of hydrogen-bond donors (Lipinski definition) is 2. The molecule has 0 spiro atoms. The van der Waals surface area contributed by atoms with Crippen molar-refractivity contribution in [1.29, 1.82) is 0 Å². The largest absolute Gasteiger partial charge is 0.399 e. The fourth-order valence-electron chi connectivity index (χ4n) is 3.23. The Bertz CT molecular complexity index is 717. The predicted molar refractivity (Wildman–Crippen MR) is 118 cm³/mol. The van der Waals surface area contributed by atoms with Gasteiger partial charge in [0.15, 0.2) is 0 Å². The van der Waals surface area contributed by atoms with Crippen LogP contribution in [0.15, 0.2) is 48.5 Å². The van der Waals surface area contributed by atoms with E-state index in [9.17, 15) is 4.79 Å². The number of nitrogens with one attached hydrogen (secondary N) is 1. The van der Waals surface area contributed by atoms with Crippen LogP contribution < -0.4 is 11.1 Å². The summed E-state index contributed by atoms with van der Waals surface area (Å²) in [6.45, 7) is 5.92. The third kappa shape index (κ3) is 6.99. The molecule has 154 valence electrons. The van der Waals surface area contributed by atoms with Crippen molar-refractivity contribution < 1.29 is 9.53 Å². The molecule has 1 fully saturated rings. The van der Waals surface area contributed by atoms with E-state index in [1.807, 2.05) is 24.3 Å². The molecule has 28 heavy (non-hydrogen) atoms. The summed E-state index contributed by atoms with van der Waals surface area (Å²) < 4.78 is 5.48. The number of nitrogens with two attached hydrogens (primary N) is 1. The number of aryl methyl sites for hydroxylation is 1. The van der Waals surface area contributed by atoms with Gasteiger partial charge in [-0.25, -0.2) is 0 Å². The van der Waals surface area contributed by atoms with E-state index in [1.54, 1.807) is 0 Å². The number of nitrogens with zero attached hydrogens (tertiary/aromatic N) is 1. The molecule has 1 unspecified atom stereocenters. The Kier molecular flexibility index (Phi) is 10.3. The van der Waals surface area contributed by atoms with Gasteiger partial charge in [-0.05, 0) is 30.2 Å². The Hall–Kier alpha value is -1.79. The lowest BCUT2D eigenvalue weighted by Crippen LogP contribution is -2.44. The van der Waals surface area contributed by atoms with Gasteiger partial charge >= 0.3 is 0 Å². The van der Waals surface area contributed by atoms with Crippen molar-refractivity contribution in [2.24, 2.45) is 0 Å². The first kappa shape index (κ1) is 24.2. The van der Waals surface area contributed by atoms with Gasteiger partial charge < -0.3 is 15.8 Å². The van der Waals surface area contributed by atoms with Crippen LogP contribution in [0, 0.1) is 6.92 Å². The normalized spacial score (nSPS) is 15.0. The van der Waals surface area contributed by atoms with Gasteiger partial charge in [-0.2, -0.15) is 0 Å². The number of amides is 1. The monoisotopic (exact) mass is 425 g/mol. The molecule has 0 aliphatic carbocycles. The number of carbonyl (C=O) groups is 1. The van der Waals surface area contributed by atoms with Crippen LogP contribution >= 0.6 is 24.8 Å². The quantitative estimate of drug-likeness (QED) is 0.697. The van der Waals surface area contributed by atoms with Crippen LogP contribution in [0.25, 0.3) is 0 Å². The van der Waals surface area contributed by atoms with Crippen molar-refractivity contribution in [1.82, 2.24) is 10.2 Å². The van der Waals surface area contributed by atoms with Gasteiger partial charge in [0.1, 0.15) is 0 Å². The van der Waals surface area contributed by atoms with Crippen LogP contribution in [0.5, 0.6) is 0 Å². The number of halogens is 2. The molecule has 0 aromatic heterocycles. The highest BCUT2D eigenvalue weighted by atomic mass is 35.5. The third-order valence-corrected chi connectivity index (χ3v) is 4.79. The molecule has 1 amide bonds. The Balaban J connectivity index is 0.00000196. The van der Waals surface area contributed by atoms with E-state index in [2.05, 4.69) is 41.4 Å². The van der Waals surface area contributed by atoms with Crippen molar-refractivity contribution in [3.8, 4) is 0 Å². The Labute approximate surface area is 179 Å². The molecule has 0 radical (unpaired) electrons. The molecular weight excluding hydrogens is 397 g/mol. The lowest BCUT2D eigenvalue weighted by atomic mass is 10.0. The number of nitrogen functional groups attached to an aromatic ring is 1. The van der Waals surface area contributed by atoms with E-state index in [-0.39, 0.29) is 36.8 Å². The van der Waals surface area contributed by atoms with Crippen LogP contribution in [0.1, 0.15) is 22.7 Å². The molecule has 0 bridgehead atoms. The number of morpholine rings is 1. The molecule has 1 saturated heterocycles. The van der Waals surface area contributed by atoms with E-state index in [4.69, 9.17) is 10.5 Å². The van der Waals surface area contributed by atoms with E-state index in [0.717, 1.165) is 31.9 Å². The molecule has 2 aromatic rings. The molecule has 3 rings (SSSR count). The average Bonchev–Trinajstić information content (AvgIpc) is 2.66. The molecule has 1 heterocycles. The minimum atomic E-state index is 0. The maximum atomic E-state index is 12.4. The van der Waals surface area contributed by atoms with E-state index in [1.165, 1.54) is 11.1 Å². The molecular formula is C21H29Cl2N3O2.